The molecule has 3 fully saturated rings. The van der Waals surface area contributed by atoms with Crippen LogP contribution in [-0.4, -0.2) is 86.5 Å². The van der Waals surface area contributed by atoms with E-state index in [-0.39, 0.29) is 11.6 Å². The summed E-state index contributed by atoms with van der Waals surface area (Å²) >= 11 is 28.3. The van der Waals surface area contributed by atoms with Gasteiger partial charge in [-0.1, -0.05) is 93.5 Å². The number of piperidine rings is 3. The molecule has 3 aliphatic rings. The number of ketones is 3. The molecule has 0 bridgehead atoms. The van der Waals surface area contributed by atoms with Crippen LogP contribution in [0.2, 0.25) is 20.1 Å². The quantitative estimate of drug-likeness (QED) is 0.129. The molecule has 3 aromatic heterocycles. The minimum absolute atomic E-state index is 0.250. The number of carbonyl (C=O) groups is 3. The van der Waals surface area contributed by atoms with Gasteiger partial charge in [0.05, 0.1) is 13.1 Å². The average Bonchev–Trinajstić information content (AvgIpc) is 3.33. The second-order valence-electron chi connectivity index (χ2n) is 16.5. The van der Waals surface area contributed by atoms with Crippen molar-refractivity contribution >= 4 is 97.1 Å². The number of aryl methyl sites for hydroxylation is 1. The molecule has 67 heavy (non-hydrogen) atoms. The molecule has 17 heteroatoms. The van der Waals surface area contributed by atoms with Crippen molar-refractivity contribution in [3.05, 3.63) is 156 Å². The fourth-order valence-corrected chi connectivity index (χ4v) is 9.68. The Morgan fingerprint density at radius 2 is 0.955 bits per heavy atom. The Kier molecular flexibility index (Phi) is 18.1. The summed E-state index contributed by atoms with van der Waals surface area (Å²) in [6, 6.07) is 17.5. The molecule has 0 amide bonds. The minimum atomic E-state index is 0.250. The molecule has 6 aromatic rings. The van der Waals surface area contributed by atoms with Gasteiger partial charge in [0.1, 0.15) is 42.2 Å². The molecule has 348 valence electrons. The van der Waals surface area contributed by atoms with E-state index in [1.165, 1.54) is 18.2 Å². The lowest BCUT2D eigenvalue weighted by Crippen LogP contribution is -2.36. The molecule has 12 nitrogen and oxygen atoms in total. The summed E-state index contributed by atoms with van der Waals surface area (Å²) in [5, 5.41) is 2.73. The van der Waals surface area contributed by atoms with Gasteiger partial charge in [-0.15, -0.1) is 0 Å². The first-order chi connectivity index (χ1) is 32.4. The van der Waals surface area contributed by atoms with E-state index in [2.05, 4.69) is 69.8 Å². The van der Waals surface area contributed by atoms with Gasteiger partial charge in [-0.25, -0.2) is 29.9 Å². The highest BCUT2D eigenvalue weighted by Crippen LogP contribution is 2.30. The molecule has 3 saturated heterocycles. The summed E-state index contributed by atoms with van der Waals surface area (Å²) in [6.07, 6.45) is 17.2. The Balaban J connectivity index is 0.000000149. The van der Waals surface area contributed by atoms with E-state index >= 15 is 0 Å². The first kappa shape index (κ1) is 49.8. The van der Waals surface area contributed by atoms with E-state index in [4.69, 9.17) is 46.4 Å². The fraction of sp³-hybridized carbons (Fsp3) is 0.340. The first-order valence-electron chi connectivity index (χ1n) is 22.3. The molecule has 0 saturated carbocycles. The third-order valence-electron chi connectivity index (χ3n) is 11.7. The molecule has 0 N–H and O–H groups in total. The van der Waals surface area contributed by atoms with Gasteiger partial charge in [0.15, 0.2) is 11.6 Å². The van der Waals surface area contributed by atoms with Crippen molar-refractivity contribution < 1.29 is 14.4 Å². The number of hydrogen-bond donors (Lipinski definition) is 0. The number of benzene rings is 3. The Labute approximate surface area is 419 Å². The molecule has 0 unspecified atom stereocenters. The molecule has 6 heterocycles. The summed E-state index contributed by atoms with van der Waals surface area (Å²) in [7, 11) is 0. The first-order valence-corrected chi connectivity index (χ1v) is 24.6. The van der Waals surface area contributed by atoms with Gasteiger partial charge in [0.2, 0.25) is 0 Å². The maximum absolute atomic E-state index is 11.7. The van der Waals surface area contributed by atoms with Crippen molar-refractivity contribution in [3.8, 4) is 0 Å². The van der Waals surface area contributed by atoms with E-state index in [9.17, 15) is 14.4 Å². The van der Waals surface area contributed by atoms with Crippen molar-refractivity contribution in [1.82, 2.24) is 29.9 Å². The van der Waals surface area contributed by atoms with Gasteiger partial charge in [-0.2, -0.15) is 0 Å². The highest BCUT2D eigenvalue weighted by Gasteiger charge is 2.24. The number of hydrogen-bond acceptors (Lipinski definition) is 12. The van der Waals surface area contributed by atoms with E-state index in [0.29, 0.717) is 78.9 Å². The lowest BCUT2D eigenvalue weighted by molar-refractivity contribution is -0.120. The summed E-state index contributed by atoms with van der Waals surface area (Å²) < 4.78 is 0.951. The number of halogens is 5. The zero-order valence-corrected chi connectivity index (χ0v) is 41.7. The topological polar surface area (TPSA) is 138 Å². The van der Waals surface area contributed by atoms with Gasteiger partial charge < -0.3 is 14.7 Å². The molecule has 3 aliphatic heterocycles. The average molecular weight is 1050 g/mol. The van der Waals surface area contributed by atoms with Crippen molar-refractivity contribution in [1.29, 1.82) is 0 Å². The number of carbonyl (C=O) groups excluding carboxylic acids is 3. The fourth-order valence-electron chi connectivity index (χ4n) is 8.19. The van der Waals surface area contributed by atoms with Crippen LogP contribution >= 0.6 is 62.3 Å². The Bertz CT molecular complexity index is 2580. The molecule has 0 spiro atoms. The number of rotatable bonds is 10. The van der Waals surface area contributed by atoms with Gasteiger partial charge >= 0.3 is 0 Å². The molecule has 3 aromatic carbocycles. The van der Waals surface area contributed by atoms with Crippen LogP contribution in [0.15, 0.2) is 96.6 Å². The standard InChI is InChI=1S/C18H20ClN3O.C16H15BrClN3O.C16H15Cl2N3O/c1-2-13-3-4-14(17(19)9-13)10-15-11-20-12-21-18(15)22-7-5-16(23)6-8-22;2*17-13-4-3-11(15(18)7-13)6-12-8-19-10-20-16(12)21-5-1-2-14(22)9-21/h3-4,9,11-12H,2,5-8,10H2,1H3;2*3-4,7-8,10H,1-2,5-6,9H2. The number of aromatic nitrogens is 6. The van der Waals surface area contributed by atoms with Crippen LogP contribution in [0.1, 0.15) is 84.4 Å². The third kappa shape index (κ3) is 14.0. The predicted octanol–water partition coefficient (Wildman–Crippen LogP) is 10.6. The Morgan fingerprint density at radius 3 is 1.40 bits per heavy atom. The molecule has 9 rings (SSSR count). The van der Waals surface area contributed by atoms with Crippen LogP contribution in [0.3, 0.4) is 0 Å². The molecule has 0 atom stereocenters. The van der Waals surface area contributed by atoms with Gasteiger partial charge in [0, 0.05) is 131 Å². The summed E-state index contributed by atoms with van der Waals surface area (Å²) in [5.41, 5.74) is 7.29. The SMILES string of the molecule is CCc1ccc(Cc2cncnc2N2CCC(=O)CC2)c(Cl)c1.O=C1CCCN(c2ncncc2Cc2ccc(Br)cc2Cl)C1.O=C1CCCN(c2ncncc2Cc2ccc(Cl)cc2Cl)C1. The van der Waals surface area contributed by atoms with E-state index in [0.717, 1.165) is 106 Å². The largest absolute Gasteiger partial charge is 0.355 e. The highest BCUT2D eigenvalue weighted by molar-refractivity contribution is 9.10. The van der Waals surface area contributed by atoms with Crippen LogP contribution in [0.25, 0.3) is 0 Å². The van der Waals surface area contributed by atoms with Gasteiger partial charge in [0.25, 0.3) is 0 Å². The zero-order chi connectivity index (χ0) is 47.3. The smallest absolute Gasteiger partial charge is 0.152 e. The number of nitrogens with zero attached hydrogens (tertiary/aromatic N) is 9. The summed E-state index contributed by atoms with van der Waals surface area (Å²) in [6.45, 7) is 6.10. The highest BCUT2D eigenvalue weighted by atomic mass is 79.9. The molecule has 0 aliphatic carbocycles. The van der Waals surface area contributed by atoms with Crippen molar-refractivity contribution in [2.24, 2.45) is 0 Å². The van der Waals surface area contributed by atoms with Crippen LogP contribution < -0.4 is 14.7 Å². The molecule has 0 radical (unpaired) electrons. The Morgan fingerprint density at radius 1 is 0.507 bits per heavy atom. The predicted molar refractivity (Wildman–Crippen MR) is 270 cm³/mol. The van der Waals surface area contributed by atoms with Crippen molar-refractivity contribution in [2.75, 3.05) is 54.0 Å². The van der Waals surface area contributed by atoms with Crippen LogP contribution in [-0.2, 0) is 40.1 Å². The van der Waals surface area contributed by atoms with Crippen LogP contribution in [0.5, 0.6) is 0 Å². The summed E-state index contributed by atoms with van der Waals surface area (Å²) in [5.74, 6) is 3.41. The second-order valence-corrected chi connectivity index (χ2v) is 19.1. The van der Waals surface area contributed by atoms with Crippen LogP contribution in [0.4, 0.5) is 17.5 Å². The molecular weight excluding hydrogens is 996 g/mol. The third-order valence-corrected chi connectivity index (χ3v) is 13.5. The lowest BCUT2D eigenvalue weighted by Gasteiger charge is -2.28. The van der Waals surface area contributed by atoms with Crippen LogP contribution in [0, 0.1) is 0 Å². The van der Waals surface area contributed by atoms with Gasteiger partial charge in [-0.3, -0.25) is 14.4 Å². The number of Topliss-reactive ketones (excluding diaryl/α,β-unsaturated/α-hetero) is 3. The summed E-state index contributed by atoms with van der Waals surface area (Å²) in [4.78, 5) is 66.7. The maximum atomic E-state index is 11.7. The van der Waals surface area contributed by atoms with E-state index in [1.807, 2.05) is 52.4 Å². The Hall–Kier alpha value is -5.05. The number of anilines is 3. The zero-order valence-electron chi connectivity index (χ0n) is 37.1. The maximum Gasteiger partial charge on any atom is 0.152 e. The van der Waals surface area contributed by atoms with E-state index in [1.54, 1.807) is 24.8 Å². The second kappa shape index (κ2) is 24.3. The van der Waals surface area contributed by atoms with Crippen molar-refractivity contribution in [3.63, 3.8) is 0 Å². The van der Waals surface area contributed by atoms with E-state index < -0.39 is 0 Å². The monoisotopic (exact) mass is 1040 g/mol. The lowest BCUT2D eigenvalue weighted by atomic mass is 10.0. The normalized spacial score (nSPS) is 15.1. The molecular formula is C50H50BrCl4N9O3. The van der Waals surface area contributed by atoms with Crippen molar-refractivity contribution in [2.45, 2.75) is 71.1 Å². The minimum Gasteiger partial charge on any atom is -0.355 e. The van der Waals surface area contributed by atoms with Gasteiger partial charge in [-0.05, 0) is 71.8 Å².